The van der Waals surface area contributed by atoms with Crippen LogP contribution in [0, 0.1) is 0 Å². The van der Waals surface area contributed by atoms with Gasteiger partial charge < -0.3 is 19.4 Å². The number of fused-ring (bicyclic) bond motifs is 1. The zero-order valence-electron chi connectivity index (χ0n) is 16.6. The average Bonchev–Trinajstić information content (AvgIpc) is 3.11. The van der Waals surface area contributed by atoms with E-state index in [0.717, 1.165) is 22.3 Å². The zero-order chi connectivity index (χ0) is 19.9. The van der Waals surface area contributed by atoms with E-state index in [4.69, 9.17) is 9.47 Å². The largest absolute Gasteiger partial charge is 0.490 e. The molecule has 0 aliphatic rings. The van der Waals surface area contributed by atoms with Crippen LogP contribution in [0.4, 0.5) is 0 Å². The molecule has 3 rings (SSSR count). The Bertz CT molecular complexity index is 936. The Kier molecular flexibility index (Phi) is 6.53. The van der Waals surface area contributed by atoms with Gasteiger partial charge in [-0.2, -0.15) is 0 Å². The highest BCUT2D eigenvalue weighted by Crippen LogP contribution is 2.30. The summed E-state index contributed by atoms with van der Waals surface area (Å²) < 4.78 is 13.3. The van der Waals surface area contributed by atoms with Gasteiger partial charge in [0, 0.05) is 13.0 Å². The van der Waals surface area contributed by atoms with Crippen molar-refractivity contribution in [3.05, 3.63) is 54.4 Å². The predicted molar refractivity (Wildman–Crippen MR) is 110 cm³/mol. The molecule has 1 unspecified atom stereocenters. The summed E-state index contributed by atoms with van der Waals surface area (Å²) in [6, 6.07) is 13.6. The predicted octanol–water partition coefficient (Wildman–Crippen LogP) is 4.10. The number of aryl methyl sites for hydroxylation is 1. The lowest BCUT2D eigenvalue weighted by Crippen LogP contribution is -2.27. The molecule has 0 fully saturated rings. The number of aromatic nitrogens is 2. The molecule has 0 saturated heterocycles. The van der Waals surface area contributed by atoms with Crippen LogP contribution in [-0.2, 0) is 11.3 Å². The Balaban J connectivity index is 1.61. The lowest BCUT2D eigenvalue weighted by Gasteiger charge is -2.17. The first-order valence-electron chi connectivity index (χ1n) is 9.71. The SMILES string of the molecule is CCOc1ccc(C(C)NC(=O)CCn2cnc3ccccc32)cc1OCC. The lowest BCUT2D eigenvalue weighted by molar-refractivity contribution is -0.121. The molecule has 6 nitrogen and oxygen atoms in total. The summed E-state index contributed by atoms with van der Waals surface area (Å²) in [5.74, 6) is 1.42. The van der Waals surface area contributed by atoms with E-state index in [1.807, 2.05) is 67.8 Å². The number of hydrogen-bond donors (Lipinski definition) is 1. The first-order valence-corrected chi connectivity index (χ1v) is 9.71. The maximum atomic E-state index is 12.4. The fraction of sp³-hybridized carbons (Fsp3) is 0.364. The first kappa shape index (κ1) is 19.7. The molecular formula is C22H27N3O3. The molecule has 0 spiro atoms. The molecule has 6 heteroatoms. The second-order valence-electron chi connectivity index (χ2n) is 6.54. The van der Waals surface area contributed by atoms with Crippen LogP contribution in [0.3, 0.4) is 0 Å². The van der Waals surface area contributed by atoms with Gasteiger partial charge in [0.25, 0.3) is 0 Å². The molecule has 1 aromatic heterocycles. The van der Waals surface area contributed by atoms with E-state index in [2.05, 4.69) is 10.3 Å². The van der Waals surface area contributed by atoms with E-state index >= 15 is 0 Å². The van der Waals surface area contributed by atoms with Crippen molar-refractivity contribution < 1.29 is 14.3 Å². The third-order valence-electron chi connectivity index (χ3n) is 4.55. The van der Waals surface area contributed by atoms with Gasteiger partial charge in [0.05, 0.1) is 36.6 Å². The fourth-order valence-electron chi connectivity index (χ4n) is 3.14. The topological polar surface area (TPSA) is 65.4 Å². The number of carbonyl (C=O) groups is 1. The second-order valence-corrected chi connectivity index (χ2v) is 6.54. The normalized spacial score (nSPS) is 12.0. The van der Waals surface area contributed by atoms with Crippen molar-refractivity contribution in [3.63, 3.8) is 0 Å². The third kappa shape index (κ3) is 4.63. The molecule has 0 aliphatic carbocycles. The number of nitrogens with one attached hydrogen (secondary N) is 1. The van der Waals surface area contributed by atoms with Gasteiger partial charge in [0.1, 0.15) is 0 Å². The Morgan fingerprint density at radius 3 is 2.64 bits per heavy atom. The van der Waals surface area contributed by atoms with Crippen LogP contribution in [0.15, 0.2) is 48.8 Å². The fourth-order valence-corrected chi connectivity index (χ4v) is 3.14. The van der Waals surface area contributed by atoms with Crippen LogP contribution in [0.1, 0.15) is 38.8 Å². The number of para-hydroxylation sites is 2. The molecule has 1 amide bonds. The highest BCUT2D eigenvalue weighted by atomic mass is 16.5. The highest BCUT2D eigenvalue weighted by Gasteiger charge is 2.14. The van der Waals surface area contributed by atoms with Crippen molar-refractivity contribution in [1.29, 1.82) is 0 Å². The number of ether oxygens (including phenoxy) is 2. The van der Waals surface area contributed by atoms with Crippen LogP contribution in [0.25, 0.3) is 11.0 Å². The molecule has 1 heterocycles. The molecule has 148 valence electrons. The summed E-state index contributed by atoms with van der Waals surface area (Å²) in [4.78, 5) is 16.8. The lowest BCUT2D eigenvalue weighted by atomic mass is 10.1. The maximum absolute atomic E-state index is 12.4. The van der Waals surface area contributed by atoms with Gasteiger partial charge in [0.15, 0.2) is 11.5 Å². The molecule has 2 aromatic carbocycles. The van der Waals surface area contributed by atoms with Gasteiger partial charge in [-0.3, -0.25) is 4.79 Å². The van der Waals surface area contributed by atoms with Crippen LogP contribution >= 0.6 is 0 Å². The molecule has 1 atom stereocenters. The van der Waals surface area contributed by atoms with Crippen LogP contribution in [-0.4, -0.2) is 28.7 Å². The minimum absolute atomic E-state index is 0.00266. The van der Waals surface area contributed by atoms with Gasteiger partial charge in [-0.05, 0) is 50.6 Å². The number of amides is 1. The number of rotatable bonds is 9. The van der Waals surface area contributed by atoms with E-state index in [9.17, 15) is 4.79 Å². The zero-order valence-corrected chi connectivity index (χ0v) is 16.6. The average molecular weight is 381 g/mol. The molecule has 3 aromatic rings. The molecule has 0 bridgehead atoms. The van der Waals surface area contributed by atoms with Gasteiger partial charge in [-0.25, -0.2) is 4.98 Å². The Labute approximate surface area is 165 Å². The molecule has 0 radical (unpaired) electrons. The van der Waals surface area contributed by atoms with E-state index in [1.165, 1.54) is 0 Å². The second kappa shape index (κ2) is 9.26. The number of carbonyl (C=O) groups excluding carboxylic acids is 1. The Morgan fingerprint density at radius 2 is 1.86 bits per heavy atom. The Morgan fingerprint density at radius 1 is 1.11 bits per heavy atom. The smallest absolute Gasteiger partial charge is 0.222 e. The summed E-state index contributed by atoms with van der Waals surface area (Å²) in [5.41, 5.74) is 2.96. The van der Waals surface area contributed by atoms with Gasteiger partial charge in [-0.15, -0.1) is 0 Å². The highest BCUT2D eigenvalue weighted by molar-refractivity contribution is 5.77. The number of imidazole rings is 1. The van der Waals surface area contributed by atoms with E-state index in [1.54, 1.807) is 6.33 Å². The van der Waals surface area contributed by atoms with E-state index in [0.29, 0.717) is 31.9 Å². The summed E-state index contributed by atoms with van der Waals surface area (Å²) >= 11 is 0. The van der Waals surface area contributed by atoms with Crippen molar-refractivity contribution >= 4 is 16.9 Å². The van der Waals surface area contributed by atoms with Gasteiger partial charge in [-0.1, -0.05) is 18.2 Å². The quantitative estimate of drug-likeness (QED) is 0.606. The third-order valence-corrected chi connectivity index (χ3v) is 4.55. The minimum atomic E-state index is -0.123. The van der Waals surface area contributed by atoms with Crippen LogP contribution in [0.2, 0.25) is 0 Å². The van der Waals surface area contributed by atoms with Gasteiger partial charge >= 0.3 is 0 Å². The summed E-state index contributed by atoms with van der Waals surface area (Å²) in [6.45, 7) is 7.57. The number of benzene rings is 2. The maximum Gasteiger partial charge on any atom is 0.222 e. The standard InChI is InChI=1S/C22H27N3O3/c1-4-27-20-11-10-17(14-21(20)28-5-2)16(3)24-22(26)12-13-25-15-23-18-8-6-7-9-19(18)25/h6-11,14-16H,4-5,12-13H2,1-3H3,(H,24,26). The van der Waals surface area contributed by atoms with Crippen LogP contribution < -0.4 is 14.8 Å². The van der Waals surface area contributed by atoms with E-state index < -0.39 is 0 Å². The molecule has 1 N–H and O–H groups in total. The van der Waals surface area contributed by atoms with Crippen molar-refractivity contribution in [2.75, 3.05) is 13.2 Å². The first-order chi connectivity index (χ1) is 13.6. The van der Waals surface area contributed by atoms with Crippen LogP contribution in [0.5, 0.6) is 11.5 Å². The van der Waals surface area contributed by atoms with Gasteiger partial charge in [0.2, 0.25) is 5.91 Å². The summed E-state index contributed by atoms with van der Waals surface area (Å²) in [6.07, 6.45) is 2.17. The molecule has 0 aliphatic heterocycles. The monoisotopic (exact) mass is 381 g/mol. The molecule has 0 saturated carbocycles. The summed E-state index contributed by atoms with van der Waals surface area (Å²) in [7, 11) is 0. The van der Waals surface area contributed by atoms with Crippen molar-refractivity contribution in [1.82, 2.24) is 14.9 Å². The Hall–Kier alpha value is -3.02. The summed E-state index contributed by atoms with van der Waals surface area (Å²) in [5, 5.41) is 3.06. The van der Waals surface area contributed by atoms with Crippen molar-refractivity contribution in [3.8, 4) is 11.5 Å². The van der Waals surface area contributed by atoms with E-state index in [-0.39, 0.29) is 11.9 Å². The molecular weight excluding hydrogens is 354 g/mol. The number of nitrogens with zero attached hydrogens (tertiary/aromatic N) is 2. The molecule has 28 heavy (non-hydrogen) atoms. The van der Waals surface area contributed by atoms with Crippen molar-refractivity contribution in [2.24, 2.45) is 0 Å². The van der Waals surface area contributed by atoms with Crippen molar-refractivity contribution in [2.45, 2.75) is 39.8 Å². The number of hydrogen-bond acceptors (Lipinski definition) is 4. The minimum Gasteiger partial charge on any atom is -0.490 e.